The summed E-state index contributed by atoms with van der Waals surface area (Å²) in [6, 6.07) is 5.49. The Hall–Kier alpha value is -1.86. The fourth-order valence-corrected chi connectivity index (χ4v) is 1.81. The lowest BCUT2D eigenvalue weighted by Crippen LogP contribution is -2.28. The van der Waals surface area contributed by atoms with Crippen LogP contribution in [0.4, 0.5) is 17.1 Å². The highest BCUT2D eigenvalue weighted by Crippen LogP contribution is 2.31. The van der Waals surface area contributed by atoms with Crippen molar-refractivity contribution in [2.24, 2.45) is 5.84 Å². The number of hydrogen-bond acceptors (Lipinski definition) is 6. The van der Waals surface area contributed by atoms with Gasteiger partial charge in [0.15, 0.2) is 0 Å². The molecule has 0 amide bonds. The summed E-state index contributed by atoms with van der Waals surface area (Å²) >= 11 is 0. The Morgan fingerprint density at radius 3 is 2.60 bits per heavy atom. The van der Waals surface area contributed by atoms with E-state index in [-0.39, 0.29) is 5.69 Å². The Balaban J connectivity index is 2.62. The molecule has 0 spiro atoms. The van der Waals surface area contributed by atoms with Crippen LogP contribution >= 0.6 is 0 Å². The van der Waals surface area contributed by atoms with Crippen molar-refractivity contribution < 1.29 is 4.92 Å². The molecule has 0 saturated carbocycles. The van der Waals surface area contributed by atoms with E-state index in [9.17, 15) is 10.1 Å². The summed E-state index contributed by atoms with van der Waals surface area (Å²) in [6.07, 6.45) is 0.909. The van der Waals surface area contributed by atoms with Gasteiger partial charge in [0.2, 0.25) is 0 Å². The minimum absolute atomic E-state index is 0.0211. The lowest BCUT2D eigenvalue weighted by atomic mass is 10.2. The number of nitro benzene ring substituents is 1. The number of anilines is 2. The third-order valence-electron chi connectivity index (χ3n) is 3.26. The van der Waals surface area contributed by atoms with E-state index in [2.05, 4.69) is 36.5 Å². The largest absolute Gasteiger partial charge is 0.379 e. The number of para-hydroxylation sites is 1. The topological polar surface area (TPSA) is 96.5 Å². The minimum atomic E-state index is -0.433. The molecule has 112 valence electrons. The average Bonchev–Trinajstić information content (AvgIpc) is 2.42. The van der Waals surface area contributed by atoms with Crippen LogP contribution in [0, 0.1) is 10.1 Å². The highest BCUT2D eigenvalue weighted by molar-refractivity contribution is 5.75. The normalized spacial score (nSPS) is 10.9. The number of nitrogens with zero attached hydrogens (tertiary/aromatic N) is 2. The Bertz CT molecular complexity index is 450. The van der Waals surface area contributed by atoms with Gasteiger partial charge in [0.1, 0.15) is 11.4 Å². The number of hydrazine groups is 1. The van der Waals surface area contributed by atoms with Crippen LogP contribution in [0.5, 0.6) is 0 Å². The van der Waals surface area contributed by atoms with Crippen molar-refractivity contribution in [1.82, 2.24) is 4.90 Å². The van der Waals surface area contributed by atoms with Crippen molar-refractivity contribution in [2.45, 2.75) is 26.3 Å². The maximum atomic E-state index is 11.1. The van der Waals surface area contributed by atoms with E-state index in [0.29, 0.717) is 24.0 Å². The van der Waals surface area contributed by atoms with Crippen LogP contribution in [0.25, 0.3) is 0 Å². The molecular weight excluding hydrogens is 258 g/mol. The van der Waals surface area contributed by atoms with Gasteiger partial charge in [-0.2, -0.15) is 0 Å². The van der Waals surface area contributed by atoms with Crippen LogP contribution in [0.2, 0.25) is 0 Å². The Labute approximate surface area is 119 Å². The molecule has 7 nitrogen and oxygen atoms in total. The zero-order valence-corrected chi connectivity index (χ0v) is 12.2. The summed E-state index contributed by atoms with van der Waals surface area (Å²) in [6.45, 7) is 5.88. The molecule has 0 saturated heterocycles. The number of rotatable bonds is 8. The first-order valence-electron chi connectivity index (χ1n) is 6.65. The van der Waals surface area contributed by atoms with Gasteiger partial charge in [0.25, 0.3) is 0 Å². The van der Waals surface area contributed by atoms with Crippen molar-refractivity contribution in [3.63, 3.8) is 0 Å². The molecule has 1 aromatic carbocycles. The van der Waals surface area contributed by atoms with Gasteiger partial charge in [-0.25, -0.2) is 0 Å². The molecule has 0 fully saturated rings. The molecule has 0 aliphatic carbocycles. The zero-order valence-electron chi connectivity index (χ0n) is 12.2. The van der Waals surface area contributed by atoms with Crippen LogP contribution in [0.1, 0.15) is 20.3 Å². The zero-order chi connectivity index (χ0) is 15.1. The van der Waals surface area contributed by atoms with E-state index in [4.69, 9.17) is 5.84 Å². The molecule has 0 aliphatic heterocycles. The molecule has 0 heterocycles. The first-order chi connectivity index (χ1) is 9.47. The summed E-state index contributed by atoms with van der Waals surface area (Å²) < 4.78 is 0. The Morgan fingerprint density at radius 2 is 2.05 bits per heavy atom. The fraction of sp³-hybridized carbons (Fsp3) is 0.538. The minimum Gasteiger partial charge on any atom is -0.379 e. The highest BCUT2D eigenvalue weighted by Gasteiger charge is 2.18. The number of nitrogens with two attached hydrogens (primary N) is 1. The van der Waals surface area contributed by atoms with E-state index in [0.717, 1.165) is 13.0 Å². The molecule has 20 heavy (non-hydrogen) atoms. The average molecular weight is 281 g/mol. The van der Waals surface area contributed by atoms with Crippen molar-refractivity contribution in [3.8, 4) is 0 Å². The van der Waals surface area contributed by atoms with Crippen LogP contribution in [-0.2, 0) is 0 Å². The van der Waals surface area contributed by atoms with Crippen LogP contribution in [-0.4, -0.2) is 36.0 Å². The third kappa shape index (κ3) is 4.36. The van der Waals surface area contributed by atoms with E-state index in [1.165, 1.54) is 0 Å². The number of nitro groups is 1. The quantitative estimate of drug-likeness (QED) is 0.292. The second-order valence-corrected chi connectivity index (χ2v) is 4.96. The molecule has 4 N–H and O–H groups in total. The van der Waals surface area contributed by atoms with E-state index < -0.39 is 4.92 Å². The van der Waals surface area contributed by atoms with E-state index >= 15 is 0 Å². The van der Waals surface area contributed by atoms with Gasteiger partial charge in [0, 0.05) is 12.6 Å². The van der Waals surface area contributed by atoms with Crippen molar-refractivity contribution >= 4 is 17.1 Å². The highest BCUT2D eigenvalue weighted by atomic mass is 16.6. The fourth-order valence-electron chi connectivity index (χ4n) is 1.81. The molecule has 1 rings (SSSR count). The molecule has 0 atom stereocenters. The van der Waals surface area contributed by atoms with Crippen molar-refractivity contribution in [1.29, 1.82) is 0 Å². The van der Waals surface area contributed by atoms with Crippen LogP contribution in [0.15, 0.2) is 18.2 Å². The van der Waals surface area contributed by atoms with E-state index in [1.807, 2.05) is 0 Å². The number of nitrogen functional groups attached to an aromatic ring is 1. The predicted molar refractivity (Wildman–Crippen MR) is 81.8 cm³/mol. The number of benzene rings is 1. The molecule has 7 heteroatoms. The van der Waals surface area contributed by atoms with Crippen LogP contribution in [0.3, 0.4) is 0 Å². The SMILES string of the molecule is CC(C)N(C)CCCNc1cccc(NN)c1[N+](=O)[O-]. The second-order valence-electron chi connectivity index (χ2n) is 4.96. The van der Waals surface area contributed by atoms with Gasteiger partial charge < -0.3 is 15.6 Å². The molecule has 0 unspecified atom stereocenters. The first kappa shape index (κ1) is 16.2. The van der Waals surface area contributed by atoms with Gasteiger partial charge in [0.05, 0.1) is 4.92 Å². The third-order valence-corrected chi connectivity index (χ3v) is 3.26. The predicted octanol–water partition coefficient (Wildman–Crippen LogP) is 2.02. The van der Waals surface area contributed by atoms with Crippen LogP contribution < -0.4 is 16.6 Å². The van der Waals surface area contributed by atoms with Gasteiger partial charge in [-0.05, 0) is 46.0 Å². The van der Waals surface area contributed by atoms with Gasteiger partial charge >= 0.3 is 5.69 Å². The Morgan fingerprint density at radius 1 is 1.40 bits per heavy atom. The second kappa shape index (κ2) is 7.66. The lowest BCUT2D eigenvalue weighted by Gasteiger charge is -2.20. The summed E-state index contributed by atoms with van der Waals surface area (Å²) in [5.41, 5.74) is 3.12. The van der Waals surface area contributed by atoms with Crippen molar-refractivity contribution in [3.05, 3.63) is 28.3 Å². The smallest absolute Gasteiger partial charge is 0.316 e. The summed E-state index contributed by atoms with van der Waals surface area (Å²) in [4.78, 5) is 12.9. The summed E-state index contributed by atoms with van der Waals surface area (Å²) in [5, 5.41) is 14.2. The van der Waals surface area contributed by atoms with Crippen molar-refractivity contribution in [2.75, 3.05) is 30.9 Å². The monoisotopic (exact) mass is 281 g/mol. The van der Waals surface area contributed by atoms with Gasteiger partial charge in [-0.1, -0.05) is 6.07 Å². The molecule has 0 radical (unpaired) electrons. The Kier molecular flexibility index (Phi) is 6.20. The first-order valence-corrected chi connectivity index (χ1v) is 6.65. The summed E-state index contributed by atoms with van der Waals surface area (Å²) in [5.74, 6) is 5.30. The maximum absolute atomic E-state index is 11.1. The maximum Gasteiger partial charge on any atom is 0.316 e. The summed E-state index contributed by atoms with van der Waals surface area (Å²) in [7, 11) is 2.06. The van der Waals surface area contributed by atoms with Gasteiger partial charge in [-0.15, -0.1) is 0 Å². The lowest BCUT2D eigenvalue weighted by molar-refractivity contribution is -0.383. The number of hydrogen-bond donors (Lipinski definition) is 3. The molecule has 1 aromatic rings. The number of nitrogens with one attached hydrogen (secondary N) is 2. The molecule has 0 bridgehead atoms. The molecule has 0 aromatic heterocycles. The molecule has 0 aliphatic rings. The standard InChI is InChI=1S/C13H23N5O2/c1-10(2)17(3)9-5-8-15-11-6-4-7-12(16-14)13(11)18(19)20/h4,6-7,10,15-16H,5,8-9,14H2,1-3H3. The molecular formula is C13H23N5O2. The van der Waals surface area contributed by atoms with Gasteiger partial charge in [-0.3, -0.25) is 16.0 Å². The van der Waals surface area contributed by atoms with E-state index in [1.54, 1.807) is 18.2 Å².